The van der Waals surface area contributed by atoms with Crippen LogP contribution in [0.25, 0.3) is 11.0 Å². The van der Waals surface area contributed by atoms with Crippen LogP contribution >= 0.6 is 0 Å². The topological polar surface area (TPSA) is 67.5 Å². The van der Waals surface area contributed by atoms with Crippen LogP contribution in [0, 0.1) is 0 Å². The summed E-state index contributed by atoms with van der Waals surface area (Å²) in [6, 6.07) is 4.66. The van der Waals surface area contributed by atoms with Crippen LogP contribution in [0.4, 0.5) is 0 Å². The molecule has 17 heavy (non-hydrogen) atoms. The first kappa shape index (κ1) is 12.0. The van der Waals surface area contributed by atoms with E-state index in [1.54, 1.807) is 19.9 Å². The van der Waals surface area contributed by atoms with Crippen LogP contribution in [-0.4, -0.2) is 18.8 Å². The first-order chi connectivity index (χ1) is 7.90. The van der Waals surface area contributed by atoms with E-state index in [-0.39, 0.29) is 11.5 Å². The van der Waals surface area contributed by atoms with E-state index in [1.165, 1.54) is 18.4 Å². The van der Waals surface area contributed by atoms with Crippen LogP contribution in [0.2, 0.25) is 0 Å². The van der Waals surface area contributed by atoms with Crippen molar-refractivity contribution in [2.45, 2.75) is 24.9 Å². The third-order valence-corrected chi connectivity index (χ3v) is 4.86. The lowest BCUT2D eigenvalue weighted by molar-refractivity contribution is 0.474. The number of hydrogen-bond acceptors (Lipinski definition) is 4. The molecule has 2 aromatic rings. The quantitative estimate of drug-likeness (QED) is 0.913. The molecule has 0 aliphatic rings. The van der Waals surface area contributed by atoms with Crippen LogP contribution in [0.1, 0.15) is 19.4 Å². The summed E-state index contributed by atoms with van der Waals surface area (Å²) in [5.74, 6) is 0.0627. The van der Waals surface area contributed by atoms with Crippen molar-refractivity contribution in [2.24, 2.45) is 0 Å². The highest BCUT2D eigenvalue weighted by atomic mass is 32.2. The van der Waals surface area contributed by atoms with Gasteiger partial charge in [0.15, 0.2) is 9.84 Å². The van der Waals surface area contributed by atoms with Crippen molar-refractivity contribution >= 4 is 20.8 Å². The van der Waals surface area contributed by atoms with Gasteiger partial charge in [0.25, 0.3) is 0 Å². The van der Waals surface area contributed by atoms with Crippen LogP contribution in [-0.2, 0) is 15.6 Å². The van der Waals surface area contributed by atoms with Gasteiger partial charge in [-0.3, -0.25) is 0 Å². The fraction of sp³-hybridized carbons (Fsp3) is 0.333. The summed E-state index contributed by atoms with van der Waals surface area (Å²) in [6.07, 6.45) is 1.43. The van der Waals surface area contributed by atoms with Crippen molar-refractivity contribution in [3.05, 3.63) is 30.0 Å². The average Bonchev–Trinajstić information content (AvgIpc) is 2.60. The van der Waals surface area contributed by atoms with Crippen LogP contribution in [0.5, 0.6) is 5.75 Å². The minimum atomic E-state index is -3.15. The van der Waals surface area contributed by atoms with E-state index < -0.39 is 15.1 Å². The van der Waals surface area contributed by atoms with Gasteiger partial charge < -0.3 is 9.52 Å². The highest BCUT2D eigenvalue weighted by Crippen LogP contribution is 2.26. The molecule has 0 spiro atoms. The zero-order valence-corrected chi connectivity index (χ0v) is 10.5. The van der Waals surface area contributed by atoms with Crippen molar-refractivity contribution in [2.75, 3.05) is 0 Å². The molecule has 0 atom stereocenters. The Hall–Kier alpha value is -1.49. The first-order valence-electron chi connectivity index (χ1n) is 5.31. The number of sulfone groups is 1. The molecule has 0 fully saturated rings. The maximum Gasteiger partial charge on any atom is 0.156 e. The predicted octanol–water partition coefficient (Wildman–Crippen LogP) is 2.46. The standard InChI is InChI=1S/C12H14O4S/c1-8(2)17(14,15)7-9-6-16-12-5-10(13)3-4-11(9)12/h3-6,8,13H,7H2,1-2H3. The third kappa shape index (κ3) is 2.29. The number of aromatic hydroxyl groups is 1. The van der Waals surface area contributed by atoms with Gasteiger partial charge >= 0.3 is 0 Å². The number of rotatable bonds is 3. The SMILES string of the molecule is CC(C)S(=O)(=O)Cc1coc2cc(O)ccc12. The lowest BCUT2D eigenvalue weighted by Crippen LogP contribution is -2.15. The first-order valence-corrected chi connectivity index (χ1v) is 7.02. The summed E-state index contributed by atoms with van der Waals surface area (Å²) < 4.78 is 28.9. The maximum atomic E-state index is 11.8. The monoisotopic (exact) mass is 254 g/mol. The van der Waals surface area contributed by atoms with Gasteiger partial charge in [0.2, 0.25) is 0 Å². The Morgan fingerprint density at radius 3 is 2.71 bits per heavy atom. The van der Waals surface area contributed by atoms with Crippen molar-refractivity contribution in [3.8, 4) is 5.75 Å². The minimum absolute atomic E-state index is 0.0392. The molecule has 0 amide bonds. The Bertz CT molecular complexity index is 638. The smallest absolute Gasteiger partial charge is 0.156 e. The molecule has 1 aromatic heterocycles. The fourth-order valence-corrected chi connectivity index (χ4v) is 2.56. The van der Waals surface area contributed by atoms with Crippen molar-refractivity contribution < 1.29 is 17.9 Å². The van der Waals surface area contributed by atoms with Gasteiger partial charge in [-0.25, -0.2) is 8.42 Å². The Morgan fingerprint density at radius 1 is 1.35 bits per heavy atom. The number of furan rings is 1. The zero-order valence-electron chi connectivity index (χ0n) is 9.67. The van der Waals surface area contributed by atoms with Gasteiger partial charge in [-0.15, -0.1) is 0 Å². The highest BCUT2D eigenvalue weighted by Gasteiger charge is 2.19. The second kappa shape index (κ2) is 4.07. The Labute approximate surface area is 99.8 Å². The van der Waals surface area contributed by atoms with Crippen molar-refractivity contribution in [1.82, 2.24) is 0 Å². The number of phenolic OH excluding ortho intramolecular Hbond substituents is 1. The van der Waals surface area contributed by atoms with Crippen molar-refractivity contribution in [3.63, 3.8) is 0 Å². The van der Waals surface area contributed by atoms with Gasteiger partial charge in [-0.1, -0.05) is 0 Å². The normalized spacial score (nSPS) is 12.4. The van der Waals surface area contributed by atoms with E-state index in [0.29, 0.717) is 11.1 Å². The lowest BCUT2D eigenvalue weighted by atomic mass is 10.2. The Kier molecular flexibility index (Phi) is 2.87. The molecule has 0 radical (unpaired) electrons. The molecule has 5 heteroatoms. The largest absolute Gasteiger partial charge is 0.508 e. The Morgan fingerprint density at radius 2 is 2.06 bits per heavy atom. The predicted molar refractivity (Wildman–Crippen MR) is 65.6 cm³/mol. The van der Waals surface area contributed by atoms with Crippen LogP contribution in [0.3, 0.4) is 0 Å². The minimum Gasteiger partial charge on any atom is -0.508 e. The van der Waals surface area contributed by atoms with E-state index in [9.17, 15) is 13.5 Å². The molecular formula is C12H14O4S. The highest BCUT2D eigenvalue weighted by molar-refractivity contribution is 7.91. The second-order valence-corrected chi connectivity index (χ2v) is 6.85. The average molecular weight is 254 g/mol. The zero-order chi connectivity index (χ0) is 12.6. The molecule has 2 rings (SSSR count). The second-order valence-electron chi connectivity index (χ2n) is 4.30. The number of benzene rings is 1. The third-order valence-electron chi connectivity index (χ3n) is 2.71. The van der Waals surface area contributed by atoms with Crippen molar-refractivity contribution in [1.29, 1.82) is 0 Å². The molecular weight excluding hydrogens is 240 g/mol. The van der Waals surface area contributed by atoms with E-state index in [1.807, 2.05) is 0 Å². The van der Waals surface area contributed by atoms with Gasteiger partial charge in [0.05, 0.1) is 17.3 Å². The molecule has 1 aromatic carbocycles. The fourth-order valence-electron chi connectivity index (χ4n) is 1.57. The van der Waals surface area contributed by atoms with Crippen LogP contribution in [0.15, 0.2) is 28.9 Å². The molecule has 92 valence electrons. The molecule has 1 N–H and O–H groups in total. The molecule has 0 unspecified atom stereocenters. The van der Waals surface area contributed by atoms with Gasteiger partial charge in [0.1, 0.15) is 11.3 Å². The van der Waals surface area contributed by atoms with E-state index in [4.69, 9.17) is 4.42 Å². The summed E-state index contributed by atoms with van der Waals surface area (Å²) in [7, 11) is -3.15. The van der Waals surface area contributed by atoms with Gasteiger partial charge in [0, 0.05) is 17.0 Å². The molecule has 0 saturated heterocycles. The summed E-state index contributed by atoms with van der Waals surface area (Å²) in [5, 5.41) is 9.60. The van der Waals surface area contributed by atoms with Crippen LogP contribution < -0.4 is 0 Å². The molecule has 4 nitrogen and oxygen atoms in total. The van der Waals surface area contributed by atoms with E-state index >= 15 is 0 Å². The number of hydrogen-bond donors (Lipinski definition) is 1. The number of phenols is 1. The van der Waals surface area contributed by atoms with Gasteiger partial charge in [-0.05, 0) is 26.0 Å². The van der Waals surface area contributed by atoms with E-state index in [0.717, 1.165) is 5.39 Å². The molecule has 1 heterocycles. The summed E-state index contributed by atoms with van der Waals surface area (Å²) in [5.41, 5.74) is 1.13. The summed E-state index contributed by atoms with van der Waals surface area (Å²) >= 11 is 0. The summed E-state index contributed by atoms with van der Waals surface area (Å²) in [6.45, 7) is 3.31. The van der Waals surface area contributed by atoms with Gasteiger partial charge in [-0.2, -0.15) is 0 Å². The molecule has 0 aliphatic heterocycles. The Balaban J connectivity index is 2.45. The molecule has 0 bridgehead atoms. The summed E-state index contributed by atoms with van der Waals surface area (Å²) in [4.78, 5) is 0. The molecule has 0 saturated carbocycles. The lowest BCUT2D eigenvalue weighted by Gasteiger charge is -2.05. The maximum absolute atomic E-state index is 11.8. The molecule has 0 aliphatic carbocycles. The van der Waals surface area contributed by atoms with E-state index in [2.05, 4.69) is 0 Å². The number of fused-ring (bicyclic) bond motifs is 1.